The van der Waals surface area contributed by atoms with Crippen molar-refractivity contribution in [2.45, 2.75) is 219 Å². The number of amides is 1. The number of rotatable bonds is 48. The van der Waals surface area contributed by atoms with Gasteiger partial charge >= 0.3 is 19.8 Å². The Kier molecular flexibility index (Phi) is 47.2. The molecule has 3 unspecified atom stereocenters. The highest BCUT2D eigenvalue weighted by molar-refractivity contribution is 7.47. The zero-order valence-corrected chi connectivity index (χ0v) is 43.3. The largest absolute Gasteiger partial charge is 0.480 e. The first-order valence-corrected chi connectivity index (χ1v) is 27.8. The molecule has 0 bridgehead atoms. The third-order valence-corrected chi connectivity index (χ3v) is 11.8. The van der Waals surface area contributed by atoms with E-state index in [-0.39, 0.29) is 12.8 Å². The molecule has 388 valence electrons. The van der Waals surface area contributed by atoms with E-state index in [4.69, 9.17) is 13.8 Å². The number of phosphoric ester groups is 1. The van der Waals surface area contributed by atoms with E-state index >= 15 is 0 Å². The highest BCUT2D eigenvalue weighted by Gasteiger charge is 2.28. The van der Waals surface area contributed by atoms with Crippen LogP contribution in [-0.2, 0) is 32.7 Å². The molecular formula is C56H94NO10P. The van der Waals surface area contributed by atoms with Crippen LogP contribution < -0.4 is 5.32 Å². The third kappa shape index (κ3) is 48.8. The monoisotopic (exact) mass is 972 g/mol. The molecule has 11 nitrogen and oxygen atoms in total. The highest BCUT2D eigenvalue weighted by atomic mass is 31.2. The summed E-state index contributed by atoms with van der Waals surface area (Å²) in [4.78, 5) is 46.1. The van der Waals surface area contributed by atoms with Gasteiger partial charge in [0.2, 0.25) is 5.91 Å². The first-order valence-electron chi connectivity index (χ1n) is 26.3. The summed E-state index contributed by atoms with van der Waals surface area (Å²) in [6.07, 6.45) is 64.3. The quantitative estimate of drug-likeness (QED) is 0.0199. The van der Waals surface area contributed by atoms with Crippen LogP contribution in [0.3, 0.4) is 0 Å². The van der Waals surface area contributed by atoms with Crippen molar-refractivity contribution in [3.8, 4) is 0 Å². The average molecular weight is 972 g/mol. The minimum absolute atomic E-state index is 0.0854. The van der Waals surface area contributed by atoms with Gasteiger partial charge < -0.3 is 25.2 Å². The lowest BCUT2D eigenvalue weighted by Gasteiger charge is -2.18. The molecule has 0 saturated carbocycles. The van der Waals surface area contributed by atoms with Crippen LogP contribution in [-0.4, -0.2) is 64.9 Å². The molecule has 0 aliphatic carbocycles. The standard InChI is InChI=1S/C56H94NO10P/c1-3-5-7-9-11-13-15-17-19-21-23-25-26-28-30-32-34-36-38-40-42-44-46-48-55(60)65-49-52(58)50-66-68(63,64)67-51-53(56(61)62)57-54(59)47-45-43-41-39-37-35-33-31-29-27-24-22-20-18-16-14-12-10-8-6-4-2/h6,8,11-14,17-20,24,27,31,33,37,39,52-53,58H,3-5,7,9-10,15-16,21-23,25-26,28-30,32,34-36,38,40-51H2,1-2H3,(H,57,59)(H,61,62)(H,63,64)/b8-6-,13-11-,14-12-,19-17-,20-18-,27-24-,33-31-,39-37-. The molecule has 4 N–H and O–H groups in total. The number of carboxylic acid groups (broad SMARTS) is 1. The SMILES string of the molecule is CC/C=C\C/C=C\C/C=C\C/C=C\C/C=C\C/C=C\CCCCC(=O)NC(COP(=O)(O)OCC(O)COC(=O)CCCCCCCCCCCCCCC/C=C\C/C=C\CCCCC)C(=O)O. The van der Waals surface area contributed by atoms with Gasteiger partial charge in [-0.15, -0.1) is 0 Å². The van der Waals surface area contributed by atoms with E-state index in [1.165, 1.54) is 89.9 Å². The lowest BCUT2D eigenvalue weighted by Crippen LogP contribution is -2.43. The van der Waals surface area contributed by atoms with Gasteiger partial charge in [-0.25, -0.2) is 9.36 Å². The lowest BCUT2D eigenvalue weighted by molar-refractivity contribution is -0.147. The molecular weight excluding hydrogens is 878 g/mol. The van der Waals surface area contributed by atoms with Crippen molar-refractivity contribution < 1.29 is 47.8 Å². The Hall–Kier alpha value is -3.60. The lowest BCUT2D eigenvalue weighted by atomic mass is 10.0. The molecule has 0 aromatic rings. The van der Waals surface area contributed by atoms with Crippen LogP contribution in [0.2, 0.25) is 0 Å². The molecule has 0 fully saturated rings. The molecule has 68 heavy (non-hydrogen) atoms. The van der Waals surface area contributed by atoms with E-state index in [9.17, 15) is 34.1 Å². The number of aliphatic hydroxyl groups excluding tert-OH is 1. The predicted octanol–water partition coefficient (Wildman–Crippen LogP) is 14.8. The molecule has 0 rings (SSSR count). The Morgan fingerprint density at radius 3 is 1.29 bits per heavy atom. The highest BCUT2D eigenvalue weighted by Crippen LogP contribution is 2.43. The van der Waals surface area contributed by atoms with Gasteiger partial charge in [-0.1, -0.05) is 195 Å². The van der Waals surface area contributed by atoms with E-state index in [2.05, 4.69) is 110 Å². The Labute approximate surface area is 413 Å². The molecule has 3 atom stereocenters. The second kappa shape index (κ2) is 49.8. The fourth-order valence-corrected chi connectivity index (χ4v) is 7.59. The van der Waals surface area contributed by atoms with Gasteiger partial charge in [-0.2, -0.15) is 0 Å². The number of carbonyl (C=O) groups is 3. The fourth-order valence-electron chi connectivity index (χ4n) is 6.82. The Morgan fingerprint density at radius 2 is 0.853 bits per heavy atom. The van der Waals surface area contributed by atoms with Gasteiger partial charge in [0.25, 0.3) is 0 Å². The first-order chi connectivity index (χ1) is 33.1. The Morgan fingerprint density at radius 1 is 0.485 bits per heavy atom. The summed E-state index contributed by atoms with van der Waals surface area (Å²) in [5.74, 6) is -2.44. The molecule has 1 amide bonds. The van der Waals surface area contributed by atoms with Crippen LogP contribution in [0.1, 0.15) is 206 Å². The Bertz CT molecular complexity index is 1510. The number of allylic oxidation sites excluding steroid dienone is 16. The number of hydrogen-bond acceptors (Lipinski definition) is 8. The summed E-state index contributed by atoms with van der Waals surface area (Å²) in [5, 5.41) is 21.9. The van der Waals surface area contributed by atoms with E-state index in [1.54, 1.807) is 0 Å². The second-order valence-electron chi connectivity index (χ2n) is 17.3. The molecule has 0 heterocycles. The molecule has 12 heteroatoms. The molecule has 0 aliphatic rings. The summed E-state index contributed by atoms with van der Waals surface area (Å²) < 4.78 is 27.0. The predicted molar refractivity (Wildman–Crippen MR) is 281 cm³/mol. The second-order valence-corrected chi connectivity index (χ2v) is 18.8. The van der Waals surface area contributed by atoms with Crippen molar-refractivity contribution in [3.05, 3.63) is 97.2 Å². The maximum absolute atomic E-state index is 12.4. The normalized spacial score (nSPS) is 14.3. The van der Waals surface area contributed by atoms with E-state index in [0.29, 0.717) is 12.8 Å². The maximum Gasteiger partial charge on any atom is 0.472 e. The number of phosphoric acid groups is 1. The van der Waals surface area contributed by atoms with Gasteiger partial charge in [0.05, 0.1) is 13.2 Å². The zero-order valence-electron chi connectivity index (χ0n) is 42.4. The van der Waals surface area contributed by atoms with Crippen LogP contribution in [0.5, 0.6) is 0 Å². The summed E-state index contributed by atoms with van der Waals surface area (Å²) in [6, 6.07) is -1.58. The smallest absolute Gasteiger partial charge is 0.472 e. The van der Waals surface area contributed by atoms with Crippen molar-refractivity contribution in [2.75, 3.05) is 19.8 Å². The number of aliphatic hydroxyl groups is 1. The van der Waals surface area contributed by atoms with Crippen LogP contribution in [0.4, 0.5) is 0 Å². The molecule has 0 saturated heterocycles. The number of aliphatic carboxylic acids is 1. The summed E-state index contributed by atoms with van der Waals surface area (Å²) in [6.45, 7) is 2.44. The van der Waals surface area contributed by atoms with Gasteiger partial charge in [-0.05, 0) is 96.3 Å². The number of esters is 1. The number of unbranched alkanes of at least 4 members (excludes halogenated alkanes) is 18. The number of nitrogens with one attached hydrogen (secondary N) is 1. The first kappa shape index (κ1) is 64.4. The summed E-state index contributed by atoms with van der Waals surface area (Å²) >= 11 is 0. The van der Waals surface area contributed by atoms with Crippen molar-refractivity contribution in [1.29, 1.82) is 0 Å². The van der Waals surface area contributed by atoms with Crippen molar-refractivity contribution >= 4 is 25.7 Å². The van der Waals surface area contributed by atoms with Crippen LogP contribution in [0, 0.1) is 0 Å². The van der Waals surface area contributed by atoms with Crippen molar-refractivity contribution in [2.24, 2.45) is 0 Å². The summed E-state index contributed by atoms with van der Waals surface area (Å²) in [5.41, 5.74) is 0. The number of carboxylic acids is 1. The number of carbonyl (C=O) groups excluding carboxylic acids is 2. The molecule has 0 radical (unpaired) electrons. The van der Waals surface area contributed by atoms with E-state index in [0.717, 1.165) is 77.0 Å². The fraction of sp³-hybridized carbons (Fsp3) is 0.661. The number of ether oxygens (including phenoxy) is 1. The number of hydrogen-bond donors (Lipinski definition) is 4. The maximum atomic E-state index is 12.4. The van der Waals surface area contributed by atoms with Gasteiger partial charge in [-0.3, -0.25) is 18.6 Å². The van der Waals surface area contributed by atoms with Crippen LogP contribution in [0.25, 0.3) is 0 Å². The third-order valence-electron chi connectivity index (χ3n) is 10.9. The topological polar surface area (TPSA) is 169 Å². The molecule has 0 aliphatic heterocycles. The molecule has 0 aromatic heterocycles. The van der Waals surface area contributed by atoms with Crippen LogP contribution >= 0.6 is 7.82 Å². The van der Waals surface area contributed by atoms with Gasteiger partial charge in [0.1, 0.15) is 12.7 Å². The van der Waals surface area contributed by atoms with Crippen molar-refractivity contribution in [3.63, 3.8) is 0 Å². The minimum atomic E-state index is -4.78. The van der Waals surface area contributed by atoms with E-state index < -0.39 is 57.6 Å². The summed E-state index contributed by atoms with van der Waals surface area (Å²) in [7, 11) is -4.78. The van der Waals surface area contributed by atoms with Crippen molar-refractivity contribution in [1.82, 2.24) is 5.32 Å². The van der Waals surface area contributed by atoms with Gasteiger partial charge in [0.15, 0.2) is 6.04 Å². The molecule has 0 aromatic carbocycles. The van der Waals surface area contributed by atoms with Gasteiger partial charge in [0, 0.05) is 12.8 Å². The Balaban J connectivity index is 3.89. The zero-order chi connectivity index (χ0) is 49.9. The van der Waals surface area contributed by atoms with Crippen LogP contribution in [0.15, 0.2) is 97.2 Å². The average Bonchev–Trinajstić information content (AvgIpc) is 3.32. The van der Waals surface area contributed by atoms with E-state index in [1.807, 2.05) is 6.08 Å². The minimum Gasteiger partial charge on any atom is -0.480 e. The molecule has 0 spiro atoms.